The van der Waals surface area contributed by atoms with E-state index in [1.54, 1.807) is 0 Å². The van der Waals surface area contributed by atoms with Crippen LogP contribution in [0, 0.1) is 24.2 Å². The van der Waals surface area contributed by atoms with Gasteiger partial charge in [0.1, 0.15) is 0 Å². The highest BCUT2D eigenvalue weighted by Gasteiger charge is 2.16. The zero-order chi connectivity index (χ0) is 20.2. The van der Waals surface area contributed by atoms with Crippen LogP contribution >= 0.6 is 0 Å². The van der Waals surface area contributed by atoms with Gasteiger partial charge in [-0.15, -0.1) is 6.42 Å². The Labute approximate surface area is 176 Å². The topological polar surface area (TPSA) is 0 Å². The average Bonchev–Trinajstić information content (AvgIpc) is 3.37. The molecule has 0 aliphatic heterocycles. The molecule has 0 heterocycles. The molecule has 2 aromatic rings. The molecule has 0 N–H and O–H groups in total. The van der Waals surface area contributed by atoms with Gasteiger partial charge in [-0.3, -0.25) is 0 Å². The maximum absolute atomic E-state index is 5.70. The number of hydrogen-bond donors (Lipinski definition) is 0. The van der Waals surface area contributed by atoms with Crippen molar-refractivity contribution in [3.05, 3.63) is 94.1 Å². The molecule has 0 saturated carbocycles. The number of hydrogen-bond acceptors (Lipinski definition) is 0. The van der Waals surface area contributed by atoms with E-state index in [0.717, 1.165) is 30.7 Å². The number of aryl methyl sites for hydroxylation is 1. The van der Waals surface area contributed by atoms with Crippen LogP contribution in [0.2, 0.25) is 0 Å². The minimum absolute atomic E-state index is 0.647. The fraction of sp³-hybridized carbons (Fsp3) is 0.310. The lowest BCUT2D eigenvalue weighted by Crippen LogP contribution is -1.94. The van der Waals surface area contributed by atoms with E-state index in [0.29, 0.717) is 5.92 Å². The van der Waals surface area contributed by atoms with E-state index < -0.39 is 0 Å². The first kappa shape index (κ1) is 19.5. The van der Waals surface area contributed by atoms with Gasteiger partial charge in [0.05, 0.1) is 0 Å². The third-order valence-electron chi connectivity index (χ3n) is 6.11. The molecule has 0 fully saturated rings. The van der Waals surface area contributed by atoms with E-state index >= 15 is 0 Å². The van der Waals surface area contributed by atoms with Crippen molar-refractivity contribution in [3.63, 3.8) is 0 Å². The average molecular weight is 379 g/mol. The summed E-state index contributed by atoms with van der Waals surface area (Å²) in [5.41, 5.74) is 9.20. The molecule has 2 aliphatic rings. The van der Waals surface area contributed by atoms with Crippen LogP contribution in [0.3, 0.4) is 0 Å². The molecule has 2 aliphatic carbocycles. The Morgan fingerprint density at radius 1 is 1.10 bits per heavy atom. The highest BCUT2D eigenvalue weighted by atomic mass is 14.2. The van der Waals surface area contributed by atoms with Crippen molar-refractivity contribution in [1.82, 2.24) is 0 Å². The van der Waals surface area contributed by atoms with Crippen molar-refractivity contribution in [2.24, 2.45) is 11.8 Å². The predicted molar refractivity (Wildman–Crippen MR) is 126 cm³/mol. The zero-order valence-corrected chi connectivity index (χ0v) is 17.6. The van der Waals surface area contributed by atoms with Crippen molar-refractivity contribution in [1.29, 1.82) is 0 Å². The molecule has 0 spiro atoms. The number of terminal acetylenes is 1. The van der Waals surface area contributed by atoms with Gasteiger partial charge in [0.15, 0.2) is 0 Å². The van der Waals surface area contributed by atoms with Crippen LogP contribution in [0.1, 0.15) is 60.9 Å². The number of allylic oxidation sites excluding steroid dienone is 5. The molecule has 146 valence electrons. The quantitative estimate of drug-likeness (QED) is 0.445. The van der Waals surface area contributed by atoms with Crippen molar-refractivity contribution < 1.29 is 0 Å². The predicted octanol–water partition coefficient (Wildman–Crippen LogP) is 7.25. The van der Waals surface area contributed by atoms with E-state index in [-0.39, 0.29) is 0 Å². The lowest BCUT2D eigenvalue weighted by atomic mass is 9.97. The Balaban J connectivity index is 1.42. The van der Waals surface area contributed by atoms with Crippen LogP contribution < -0.4 is 0 Å². The van der Waals surface area contributed by atoms with Gasteiger partial charge in [-0.2, -0.15) is 0 Å². The lowest BCUT2D eigenvalue weighted by molar-refractivity contribution is 0.524. The number of benzene rings is 2. The van der Waals surface area contributed by atoms with Crippen LogP contribution in [0.5, 0.6) is 0 Å². The van der Waals surface area contributed by atoms with E-state index in [1.807, 2.05) is 12.1 Å². The third-order valence-corrected chi connectivity index (χ3v) is 6.11. The monoisotopic (exact) mass is 378 g/mol. The normalized spacial score (nSPS) is 17.2. The van der Waals surface area contributed by atoms with Crippen LogP contribution in [-0.4, -0.2) is 0 Å². The molecule has 0 aromatic heterocycles. The molecule has 1 unspecified atom stereocenters. The van der Waals surface area contributed by atoms with Gasteiger partial charge >= 0.3 is 0 Å². The first-order chi connectivity index (χ1) is 14.1. The van der Waals surface area contributed by atoms with Crippen molar-refractivity contribution in [3.8, 4) is 12.3 Å². The summed E-state index contributed by atoms with van der Waals surface area (Å²) in [5.74, 6) is 4.26. The smallest absolute Gasteiger partial charge is 0.0317 e. The summed E-state index contributed by atoms with van der Waals surface area (Å²) in [6.45, 7) is 4.62. The fourth-order valence-corrected chi connectivity index (χ4v) is 4.40. The largest absolute Gasteiger partial charge is 0.115 e. The minimum atomic E-state index is 0.647. The Hall–Kier alpha value is -2.78. The number of rotatable bonds is 7. The maximum atomic E-state index is 5.70. The lowest BCUT2D eigenvalue weighted by Gasteiger charge is -2.08. The van der Waals surface area contributed by atoms with Gasteiger partial charge in [-0.05, 0) is 71.4 Å². The van der Waals surface area contributed by atoms with Gasteiger partial charge in [-0.1, -0.05) is 92.5 Å². The second-order valence-corrected chi connectivity index (χ2v) is 8.81. The van der Waals surface area contributed by atoms with E-state index in [2.05, 4.69) is 74.4 Å². The standard InChI is InChI=1S/C29H30/c1-4-25-7-5-6-8-29(25)28-19-26-16-15-24(18-27(26)20-28)14-13-23-12-11-22(17-23)10-9-21(2)3/h1,5-8,11-12,15-18,20-22H,9-10,13-14,19H2,2-3H3. The second kappa shape index (κ2) is 8.71. The van der Waals surface area contributed by atoms with Crippen LogP contribution in [0.15, 0.2) is 66.3 Å². The maximum Gasteiger partial charge on any atom is 0.0317 e. The van der Waals surface area contributed by atoms with Crippen molar-refractivity contribution in [2.45, 2.75) is 46.0 Å². The fourth-order valence-electron chi connectivity index (χ4n) is 4.40. The van der Waals surface area contributed by atoms with E-state index in [1.165, 1.54) is 46.2 Å². The Morgan fingerprint density at radius 3 is 2.79 bits per heavy atom. The summed E-state index contributed by atoms with van der Waals surface area (Å²) >= 11 is 0. The molecular weight excluding hydrogens is 348 g/mol. The van der Waals surface area contributed by atoms with Gasteiger partial charge in [0, 0.05) is 5.56 Å². The van der Waals surface area contributed by atoms with Gasteiger partial charge < -0.3 is 0 Å². The van der Waals surface area contributed by atoms with Crippen LogP contribution in [0.25, 0.3) is 11.6 Å². The molecule has 29 heavy (non-hydrogen) atoms. The van der Waals surface area contributed by atoms with E-state index in [9.17, 15) is 0 Å². The summed E-state index contributed by atoms with van der Waals surface area (Å²) in [4.78, 5) is 0. The van der Waals surface area contributed by atoms with Crippen LogP contribution in [-0.2, 0) is 12.8 Å². The summed E-state index contributed by atoms with van der Waals surface area (Å²) in [5, 5.41) is 0. The molecule has 0 saturated heterocycles. The molecule has 0 amide bonds. The van der Waals surface area contributed by atoms with Crippen molar-refractivity contribution >= 4 is 11.6 Å². The molecule has 0 bridgehead atoms. The summed E-state index contributed by atoms with van der Waals surface area (Å²) in [6, 6.07) is 15.2. The SMILES string of the molecule is C#Cc1ccccc1C1=Cc2cc(CCC3=CC(CCC(C)C)C=C3)ccc2C1. The Bertz CT molecular complexity index is 1020. The molecule has 0 radical (unpaired) electrons. The van der Waals surface area contributed by atoms with E-state index in [4.69, 9.17) is 6.42 Å². The first-order valence-electron chi connectivity index (χ1n) is 10.9. The van der Waals surface area contributed by atoms with Gasteiger partial charge in [0.2, 0.25) is 0 Å². The van der Waals surface area contributed by atoms with Crippen LogP contribution in [0.4, 0.5) is 0 Å². The molecule has 1 atom stereocenters. The van der Waals surface area contributed by atoms with Gasteiger partial charge in [-0.25, -0.2) is 0 Å². The molecule has 0 nitrogen and oxygen atoms in total. The molecule has 0 heteroatoms. The number of fused-ring (bicyclic) bond motifs is 1. The minimum Gasteiger partial charge on any atom is -0.115 e. The Kier molecular flexibility index (Phi) is 5.86. The summed E-state index contributed by atoms with van der Waals surface area (Å²) in [6.07, 6.45) is 21.0. The molecule has 4 rings (SSSR count). The molecular formula is C29H30. The zero-order valence-electron chi connectivity index (χ0n) is 17.6. The highest BCUT2D eigenvalue weighted by molar-refractivity contribution is 5.90. The first-order valence-corrected chi connectivity index (χ1v) is 10.9. The summed E-state index contributed by atoms with van der Waals surface area (Å²) in [7, 11) is 0. The second-order valence-electron chi connectivity index (χ2n) is 8.81. The molecule has 2 aromatic carbocycles. The highest BCUT2D eigenvalue weighted by Crippen LogP contribution is 2.34. The Morgan fingerprint density at radius 2 is 1.97 bits per heavy atom. The third kappa shape index (κ3) is 4.63. The summed E-state index contributed by atoms with van der Waals surface area (Å²) < 4.78 is 0. The van der Waals surface area contributed by atoms with Crippen molar-refractivity contribution in [2.75, 3.05) is 0 Å². The van der Waals surface area contributed by atoms with Gasteiger partial charge in [0.25, 0.3) is 0 Å².